The summed E-state index contributed by atoms with van der Waals surface area (Å²) in [6.07, 6.45) is 3.38. The Hall–Kier alpha value is -1.71. The van der Waals surface area contributed by atoms with Crippen LogP contribution in [-0.4, -0.2) is 34.4 Å². The molecular formula is C14H21N5S. The van der Waals surface area contributed by atoms with E-state index in [0.29, 0.717) is 23.8 Å². The number of nitrogens with one attached hydrogen (secondary N) is 1. The lowest BCUT2D eigenvalue weighted by atomic mass is 10.2. The SMILES string of the molecule is C=C(CN(C)S)NCCCC#Cc1cnc(C)nc1N. The lowest BCUT2D eigenvalue weighted by molar-refractivity contribution is 0.587. The average molecular weight is 291 g/mol. The predicted molar refractivity (Wildman–Crippen MR) is 86.1 cm³/mol. The number of thiol groups is 1. The van der Waals surface area contributed by atoms with E-state index in [9.17, 15) is 0 Å². The molecule has 0 amide bonds. The Morgan fingerprint density at radius 2 is 2.35 bits per heavy atom. The van der Waals surface area contributed by atoms with Crippen LogP contribution in [0.5, 0.6) is 0 Å². The van der Waals surface area contributed by atoms with E-state index in [-0.39, 0.29) is 0 Å². The third-order valence-electron chi connectivity index (χ3n) is 2.43. The first-order chi connectivity index (χ1) is 9.49. The quantitative estimate of drug-likeness (QED) is 0.420. The second-order valence-electron chi connectivity index (χ2n) is 4.47. The number of aryl methyl sites for hydroxylation is 1. The zero-order valence-corrected chi connectivity index (χ0v) is 12.9. The second kappa shape index (κ2) is 8.46. The topological polar surface area (TPSA) is 67.1 Å². The molecule has 1 rings (SSSR count). The average Bonchev–Trinajstić information content (AvgIpc) is 2.34. The number of aromatic nitrogens is 2. The molecule has 0 aliphatic rings. The summed E-state index contributed by atoms with van der Waals surface area (Å²) in [6.45, 7) is 7.27. The second-order valence-corrected chi connectivity index (χ2v) is 5.15. The van der Waals surface area contributed by atoms with Crippen molar-refractivity contribution in [1.29, 1.82) is 0 Å². The van der Waals surface area contributed by atoms with Crippen molar-refractivity contribution in [1.82, 2.24) is 19.6 Å². The van der Waals surface area contributed by atoms with Crippen molar-refractivity contribution < 1.29 is 0 Å². The van der Waals surface area contributed by atoms with Crippen LogP contribution in [0, 0.1) is 18.8 Å². The fourth-order valence-electron chi connectivity index (χ4n) is 1.52. The summed E-state index contributed by atoms with van der Waals surface area (Å²) in [5.41, 5.74) is 7.39. The normalized spacial score (nSPS) is 10.0. The molecular weight excluding hydrogens is 270 g/mol. The molecule has 20 heavy (non-hydrogen) atoms. The van der Waals surface area contributed by atoms with Gasteiger partial charge in [0.1, 0.15) is 11.6 Å². The fraction of sp³-hybridized carbons (Fsp3) is 0.429. The highest BCUT2D eigenvalue weighted by atomic mass is 32.1. The number of hydrogen-bond donors (Lipinski definition) is 3. The van der Waals surface area contributed by atoms with Gasteiger partial charge in [0.15, 0.2) is 0 Å². The molecule has 3 N–H and O–H groups in total. The van der Waals surface area contributed by atoms with Gasteiger partial charge in [-0.25, -0.2) is 9.97 Å². The summed E-state index contributed by atoms with van der Waals surface area (Å²) in [6, 6.07) is 0. The van der Waals surface area contributed by atoms with Crippen molar-refractivity contribution >= 4 is 18.6 Å². The Morgan fingerprint density at radius 3 is 3.00 bits per heavy atom. The number of hydrogen-bond acceptors (Lipinski definition) is 6. The number of unbranched alkanes of at least 4 members (excludes halogenated alkanes) is 1. The van der Waals surface area contributed by atoms with E-state index >= 15 is 0 Å². The molecule has 6 heteroatoms. The first-order valence-electron chi connectivity index (χ1n) is 6.38. The van der Waals surface area contributed by atoms with Crippen molar-refractivity contribution in [2.24, 2.45) is 0 Å². The van der Waals surface area contributed by atoms with Crippen molar-refractivity contribution in [3.8, 4) is 11.8 Å². The standard InChI is InChI=1S/C14H21N5S/c1-11(10-19(3)20)16-8-6-4-5-7-13-9-17-12(2)18-14(13)15/h9,16,20H,1,4,6,8,10H2,2-3H3,(H2,15,17,18). The van der Waals surface area contributed by atoms with Gasteiger partial charge in [-0.3, -0.25) is 4.31 Å². The van der Waals surface area contributed by atoms with Crippen LogP contribution < -0.4 is 11.1 Å². The Balaban J connectivity index is 2.28. The van der Waals surface area contributed by atoms with Gasteiger partial charge in [0.2, 0.25) is 0 Å². The monoisotopic (exact) mass is 291 g/mol. The van der Waals surface area contributed by atoms with Gasteiger partial charge in [-0.15, -0.1) is 0 Å². The predicted octanol–water partition coefficient (Wildman–Crippen LogP) is 1.38. The first kappa shape index (κ1) is 16.3. The van der Waals surface area contributed by atoms with E-state index in [1.807, 2.05) is 7.05 Å². The zero-order valence-electron chi connectivity index (χ0n) is 12.0. The third kappa shape index (κ3) is 6.45. The van der Waals surface area contributed by atoms with E-state index in [4.69, 9.17) is 5.73 Å². The van der Waals surface area contributed by atoms with Crippen molar-refractivity contribution in [3.05, 3.63) is 29.9 Å². The molecule has 0 fully saturated rings. The number of nitrogens with two attached hydrogens (primary N) is 1. The van der Waals surface area contributed by atoms with Gasteiger partial charge < -0.3 is 11.1 Å². The molecule has 0 saturated heterocycles. The van der Waals surface area contributed by atoms with E-state index in [1.165, 1.54) is 0 Å². The fourth-order valence-corrected chi connectivity index (χ4v) is 1.69. The molecule has 1 aromatic heterocycles. The number of rotatable bonds is 6. The summed E-state index contributed by atoms with van der Waals surface area (Å²) in [7, 11) is 1.88. The minimum atomic E-state index is 0.438. The van der Waals surface area contributed by atoms with Gasteiger partial charge in [0, 0.05) is 31.4 Å². The number of likely N-dealkylation sites (N-methyl/N-ethyl adjacent to an activating group) is 1. The van der Waals surface area contributed by atoms with E-state index in [1.54, 1.807) is 17.4 Å². The molecule has 1 heterocycles. The molecule has 0 saturated carbocycles. The Labute approximate surface area is 126 Å². The lowest BCUT2D eigenvalue weighted by Crippen LogP contribution is -2.21. The lowest BCUT2D eigenvalue weighted by Gasteiger charge is -2.12. The Morgan fingerprint density at radius 1 is 1.60 bits per heavy atom. The Bertz CT molecular complexity index is 516. The van der Waals surface area contributed by atoms with Crippen molar-refractivity contribution in [2.45, 2.75) is 19.8 Å². The molecule has 0 spiro atoms. The minimum Gasteiger partial charge on any atom is -0.388 e. The van der Waals surface area contributed by atoms with Crippen LogP contribution in [0.4, 0.5) is 5.82 Å². The number of nitrogens with zero attached hydrogens (tertiary/aromatic N) is 3. The summed E-state index contributed by atoms with van der Waals surface area (Å²) < 4.78 is 1.77. The highest BCUT2D eigenvalue weighted by Gasteiger charge is 1.97. The van der Waals surface area contributed by atoms with Gasteiger partial charge in [-0.05, 0) is 20.4 Å². The molecule has 1 aromatic rings. The van der Waals surface area contributed by atoms with Gasteiger partial charge in [-0.1, -0.05) is 31.2 Å². The van der Waals surface area contributed by atoms with Crippen LogP contribution in [-0.2, 0) is 0 Å². The van der Waals surface area contributed by atoms with Crippen LogP contribution in [0.3, 0.4) is 0 Å². The molecule has 0 radical (unpaired) electrons. The van der Waals surface area contributed by atoms with Crippen LogP contribution in [0.25, 0.3) is 0 Å². The molecule has 0 unspecified atom stereocenters. The van der Waals surface area contributed by atoms with Crippen LogP contribution in [0.15, 0.2) is 18.5 Å². The van der Waals surface area contributed by atoms with Gasteiger partial charge >= 0.3 is 0 Å². The maximum atomic E-state index is 5.76. The largest absolute Gasteiger partial charge is 0.388 e. The molecule has 0 aliphatic carbocycles. The highest BCUT2D eigenvalue weighted by molar-refractivity contribution is 7.77. The highest BCUT2D eigenvalue weighted by Crippen LogP contribution is 2.04. The molecule has 5 nitrogen and oxygen atoms in total. The van der Waals surface area contributed by atoms with Gasteiger partial charge in [0.25, 0.3) is 0 Å². The van der Waals surface area contributed by atoms with Crippen molar-refractivity contribution in [3.63, 3.8) is 0 Å². The van der Waals surface area contributed by atoms with E-state index < -0.39 is 0 Å². The van der Waals surface area contributed by atoms with Crippen LogP contribution >= 0.6 is 12.8 Å². The summed E-state index contributed by atoms with van der Waals surface area (Å²) >= 11 is 4.16. The van der Waals surface area contributed by atoms with E-state index in [0.717, 1.165) is 25.1 Å². The molecule has 108 valence electrons. The molecule has 0 aliphatic heterocycles. The summed E-state index contributed by atoms with van der Waals surface area (Å²) in [5, 5.41) is 3.23. The number of anilines is 1. The third-order valence-corrected chi connectivity index (χ3v) is 2.58. The number of nitrogen functional groups attached to an aromatic ring is 1. The van der Waals surface area contributed by atoms with Crippen LogP contribution in [0.1, 0.15) is 24.2 Å². The Kier molecular flexibility index (Phi) is 6.91. The molecule has 0 bridgehead atoms. The summed E-state index contributed by atoms with van der Waals surface area (Å²) in [5.74, 6) is 7.16. The maximum Gasteiger partial charge on any atom is 0.142 e. The zero-order chi connectivity index (χ0) is 15.0. The minimum absolute atomic E-state index is 0.438. The molecule has 0 aromatic carbocycles. The smallest absolute Gasteiger partial charge is 0.142 e. The maximum absolute atomic E-state index is 5.76. The molecule has 0 atom stereocenters. The van der Waals surface area contributed by atoms with Crippen molar-refractivity contribution in [2.75, 3.05) is 25.9 Å². The van der Waals surface area contributed by atoms with Gasteiger partial charge in [0.05, 0.1) is 5.56 Å². The first-order valence-corrected chi connectivity index (χ1v) is 6.78. The van der Waals surface area contributed by atoms with Crippen LogP contribution in [0.2, 0.25) is 0 Å². The van der Waals surface area contributed by atoms with Gasteiger partial charge in [-0.2, -0.15) is 0 Å². The summed E-state index contributed by atoms with van der Waals surface area (Å²) in [4.78, 5) is 8.14. The van der Waals surface area contributed by atoms with E-state index in [2.05, 4.69) is 46.5 Å².